The van der Waals surface area contributed by atoms with Crippen LogP contribution in [-0.4, -0.2) is 31.6 Å². The molecule has 0 aromatic heterocycles. The molecule has 1 fully saturated rings. The number of hydrogen-bond acceptors (Lipinski definition) is 3. The second-order valence-corrected chi connectivity index (χ2v) is 5.96. The summed E-state index contributed by atoms with van der Waals surface area (Å²) in [4.78, 5) is 2.41. The quantitative estimate of drug-likeness (QED) is 0.832. The van der Waals surface area contributed by atoms with Gasteiger partial charge in [0.25, 0.3) is 0 Å². The van der Waals surface area contributed by atoms with Crippen molar-refractivity contribution in [2.75, 3.05) is 26.7 Å². The molecule has 0 aliphatic heterocycles. The first-order chi connectivity index (χ1) is 9.78. The topological polar surface area (TPSA) is 38.5 Å². The molecule has 0 bridgehead atoms. The fourth-order valence-corrected chi connectivity index (χ4v) is 2.94. The molecule has 0 unspecified atom stereocenters. The number of hydrogen-bond donors (Lipinski definition) is 1. The highest BCUT2D eigenvalue weighted by Gasteiger charge is 2.15. The Kier molecular flexibility index (Phi) is 6.34. The van der Waals surface area contributed by atoms with E-state index < -0.39 is 0 Å². The van der Waals surface area contributed by atoms with E-state index in [2.05, 4.69) is 11.9 Å². The van der Waals surface area contributed by atoms with Crippen LogP contribution in [0.1, 0.15) is 37.7 Å². The predicted octanol–water partition coefficient (Wildman–Crippen LogP) is 3.04. The summed E-state index contributed by atoms with van der Waals surface area (Å²) in [5.41, 5.74) is 6.73. The van der Waals surface area contributed by atoms with E-state index in [1.54, 1.807) is 0 Å². The summed E-state index contributed by atoms with van der Waals surface area (Å²) in [7, 11) is 2.20. The van der Waals surface area contributed by atoms with Gasteiger partial charge in [-0.15, -0.1) is 0 Å². The predicted molar refractivity (Wildman–Crippen MR) is 83.9 cm³/mol. The van der Waals surface area contributed by atoms with Crippen LogP contribution in [0.15, 0.2) is 24.3 Å². The minimum absolute atomic E-state index is 0.588. The molecular formula is C17H28N2O. The summed E-state index contributed by atoms with van der Waals surface area (Å²) in [6.07, 6.45) is 7.09. The second kappa shape index (κ2) is 8.28. The van der Waals surface area contributed by atoms with Crippen molar-refractivity contribution >= 4 is 0 Å². The number of rotatable bonds is 7. The van der Waals surface area contributed by atoms with Gasteiger partial charge in [-0.3, -0.25) is 0 Å². The maximum atomic E-state index is 5.78. The van der Waals surface area contributed by atoms with Crippen LogP contribution in [0.3, 0.4) is 0 Å². The maximum Gasteiger partial charge on any atom is 0.119 e. The number of likely N-dealkylation sites (N-methyl/N-ethyl adjacent to an activating group) is 1. The van der Waals surface area contributed by atoms with Gasteiger partial charge in [0.1, 0.15) is 12.4 Å². The van der Waals surface area contributed by atoms with Crippen LogP contribution in [-0.2, 0) is 6.54 Å². The van der Waals surface area contributed by atoms with Gasteiger partial charge in [0.05, 0.1) is 0 Å². The summed E-state index contributed by atoms with van der Waals surface area (Å²) in [5, 5.41) is 0. The van der Waals surface area contributed by atoms with E-state index in [9.17, 15) is 0 Å². The van der Waals surface area contributed by atoms with Crippen molar-refractivity contribution in [3.8, 4) is 5.75 Å². The molecule has 1 aliphatic carbocycles. The molecular weight excluding hydrogens is 248 g/mol. The summed E-state index contributed by atoms with van der Waals surface area (Å²) >= 11 is 0. The van der Waals surface area contributed by atoms with Crippen molar-refractivity contribution in [3.05, 3.63) is 29.8 Å². The van der Waals surface area contributed by atoms with Gasteiger partial charge in [-0.2, -0.15) is 0 Å². The molecule has 1 aromatic carbocycles. The Morgan fingerprint density at radius 3 is 2.50 bits per heavy atom. The second-order valence-electron chi connectivity index (χ2n) is 5.96. The summed E-state index contributed by atoms with van der Waals surface area (Å²) in [5.74, 6) is 1.84. The highest BCUT2D eigenvalue weighted by molar-refractivity contribution is 5.27. The first kappa shape index (κ1) is 15.3. The van der Waals surface area contributed by atoms with Crippen molar-refractivity contribution in [1.29, 1.82) is 0 Å². The summed E-state index contributed by atoms with van der Waals surface area (Å²) in [6.45, 7) is 3.56. The fraction of sp³-hybridized carbons (Fsp3) is 0.647. The lowest BCUT2D eigenvalue weighted by molar-refractivity contribution is 0.195. The lowest BCUT2D eigenvalue weighted by Gasteiger charge is -2.26. The Bertz CT molecular complexity index is 371. The molecule has 0 amide bonds. The van der Waals surface area contributed by atoms with Gasteiger partial charge in [-0.25, -0.2) is 0 Å². The zero-order valence-corrected chi connectivity index (χ0v) is 12.7. The average Bonchev–Trinajstić information content (AvgIpc) is 2.49. The Morgan fingerprint density at radius 1 is 1.15 bits per heavy atom. The molecule has 112 valence electrons. The molecule has 0 radical (unpaired) electrons. The van der Waals surface area contributed by atoms with Crippen molar-refractivity contribution in [3.63, 3.8) is 0 Å². The van der Waals surface area contributed by atoms with Crippen molar-refractivity contribution in [1.82, 2.24) is 4.90 Å². The molecule has 2 N–H and O–H groups in total. The molecule has 1 aromatic rings. The normalized spacial score (nSPS) is 16.6. The average molecular weight is 276 g/mol. The van der Waals surface area contributed by atoms with Gasteiger partial charge in [-0.05, 0) is 43.5 Å². The van der Waals surface area contributed by atoms with Crippen LogP contribution in [0.5, 0.6) is 5.75 Å². The van der Waals surface area contributed by atoms with E-state index in [1.165, 1.54) is 38.6 Å². The maximum absolute atomic E-state index is 5.78. The van der Waals surface area contributed by atoms with E-state index in [0.29, 0.717) is 6.54 Å². The third-order valence-corrected chi connectivity index (χ3v) is 4.20. The van der Waals surface area contributed by atoms with E-state index in [0.717, 1.165) is 30.4 Å². The minimum atomic E-state index is 0.588. The summed E-state index contributed by atoms with van der Waals surface area (Å²) in [6, 6.07) is 8.06. The third kappa shape index (κ3) is 5.14. The first-order valence-corrected chi connectivity index (χ1v) is 7.88. The van der Waals surface area contributed by atoms with Crippen molar-refractivity contribution in [2.24, 2.45) is 11.7 Å². The Hall–Kier alpha value is -1.06. The largest absolute Gasteiger partial charge is 0.492 e. The Balaban J connectivity index is 1.63. The molecule has 20 heavy (non-hydrogen) atoms. The number of nitrogens with two attached hydrogens (primary N) is 1. The molecule has 2 rings (SSSR count). The van der Waals surface area contributed by atoms with Gasteiger partial charge in [0.2, 0.25) is 0 Å². The molecule has 1 saturated carbocycles. The van der Waals surface area contributed by atoms with Gasteiger partial charge >= 0.3 is 0 Å². The molecule has 0 spiro atoms. The monoisotopic (exact) mass is 276 g/mol. The standard InChI is InChI=1S/C17H28N2O/c1-19(14-16-5-3-2-4-6-16)11-12-20-17-9-7-15(13-18)8-10-17/h7-10,16H,2-6,11-14,18H2,1H3. The number of nitrogens with zero attached hydrogens (tertiary/aromatic N) is 1. The van der Waals surface area contributed by atoms with E-state index >= 15 is 0 Å². The van der Waals surface area contributed by atoms with E-state index in [1.807, 2.05) is 24.3 Å². The molecule has 3 nitrogen and oxygen atoms in total. The minimum Gasteiger partial charge on any atom is -0.492 e. The van der Waals surface area contributed by atoms with Crippen molar-refractivity contribution < 1.29 is 4.74 Å². The fourth-order valence-electron chi connectivity index (χ4n) is 2.94. The van der Waals surface area contributed by atoms with Gasteiger partial charge in [0, 0.05) is 19.6 Å². The van der Waals surface area contributed by atoms with Gasteiger partial charge < -0.3 is 15.4 Å². The highest BCUT2D eigenvalue weighted by Crippen LogP contribution is 2.24. The van der Waals surface area contributed by atoms with Crippen LogP contribution in [0.4, 0.5) is 0 Å². The summed E-state index contributed by atoms with van der Waals surface area (Å²) < 4.78 is 5.78. The van der Waals surface area contributed by atoms with Crippen LogP contribution in [0, 0.1) is 5.92 Å². The van der Waals surface area contributed by atoms with Crippen molar-refractivity contribution in [2.45, 2.75) is 38.6 Å². The van der Waals surface area contributed by atoms with Gasteiger partial charge in [-0.1, -0.05) is 31.4 Å². The lowest BCUT2D eigenvalue weighted by atomic mass is 9.89. The molecule has 0 atom stereocenters. The smallest absolute Gasteiger partial charge is 0.119 e. The van der Waals surface area contributed by atoms with E-state index in [4.69, 9.17) is 10.5 Å². The molecule has 3 heteroatoms. The third-order valence-electron chi connectivity index (χ3n) is 4.20. The van der Waals surface area contributed by atoms with Gasteiger partial charge in [0.15, 0.2) is 0 Å². The number of benzene rings is 1. The van der Waals surface area contributed by atoms with Crippen LogP contribution in [0.25, 0.3) is 0 Å². The zero-order chi connectivity index (χ0) is 14.2. The molecule has 1 aliphatic rings. The first-order valence-electron chi connectivity index (χ1n) is 7.88. The lowest BCUT2D eigenvalue weighted by Crippen LogP contribution is -2.30. The highest BCUT2D eigenvalue weighted by atomic mass is 16.5. The van der Waals surface area contributed by atoms with Crippen LogP contribution >= 0.6 is 0 Å². The van der Waals surface area contributed by atoms with Crippen LogP contribution < -0.4 is 10.5 Å². The zero-order valence-electron chi connectivity index (χ0n) is 12.7. The Labute approximate surface area is 123 Å². The van der Waals surface area contributed by atoms with E-state index in [-0.39, 0.29) is 0 Å². The van der Waals surface area contributed by atoms with Crippen LogP contribution in [0.2, 0.25) is 0 Å². The number of ether oxygens (including phenoxy) is 1. The molecule has 0 saturated heterocycles. The Morgan fingerprint density at radius 2 is 1.85 bits per heavy atom. The molecule has 0 heterocycles. The SMILES string of the molecule is CN(CCOc1ccc(CN)cc1)CC1CCCCC1.